The lowest BCUT2D eigenvalue weighted by atomic mass is 9.98. The first-order chi connectivity index (χ1) is 7.77. The zero-order valence-electron chi connectivity index (χ0n) is 9.53. The summed E-state index contributed by atoms with van der Waals surface area (Å²) in [5.41, 5.74) is 2.29. The van der Waals surface area contributed by atoms with Gasteiger partial charge in [-0.2, -0.15) is 0 Å². The average molecular weight is 210 g/mol. The average Bonchev–Trinajstić information content (AvgIpc) is 2.73. The third-order valence-corrected chi connectivity index (χ3v) is 3.11. The quantitative estimate of drug-likeness (QED) is 0.567. The largest absolute Gasteiger partial charge is 0.464 e. The molecule has 0 aliphatic carbocycles. The number of hydrogen-bond donors (Lipinski definition) is 0. The van der Waals surface area contributed by atoms with Crippen molar-refractivity contribution in [3.05, 3.63) is 48.2 Å². The van der Waals surface area contributed by atoms with Crippen molar-refractivity contribution in [3.8, 4) is 0 Å². The Hall–Kier alpha value is -1.76. The molecule has 0 aliphatic rings. The molecule has 16 heavy (non-hydrogen) atoms. The van der Waals surface area contributed by atoms with Crippen LogP contribution in [-0.2, 0) is 0 Å². The summed E-state index contributed by atoms with van der Waals surface area (Å²) in [5, 5.41) is 3.84. The van der Waals surface area contributed by atoms with Crippen LogP contribution in [0.4, 0.5) is 0 Å². The predicted octanol–water partition coefficient (Wildman–Crippen LogP) is 4.71. The van der Waals surface area contributed by atoms with E-state index in [1.165, 1.54) is 21.7 Å². The molecule has 3 rings (SSSR count). The third-order valence-electron chi connectivity index (χ3n) is 3.11. The van der Waals surface area contributed by atoms with Crippen LogP contribution in [0.5, 0.6) is 0 Å². The maximum atomic E-state index is 5.62. The molecule has 0 unspecified atom stereocenters. The Kier molecular flexibility index (Phi) is 2.00. The van der Waals surface area contributed by atoms with Crippen molar-refractivity contribution in [2.75, 3.05) is 0 Å². The molecule has 0 atom stereocenters. The first kappa shape index (κ1) is 9.46. The van der Waals surface area contributed by atoms with Gasteiger partial charge in [-0.05, 0) is 22.8 Å². The predicted molar refractivity (Wildman–Crippen MR) is 67.8 cm³/mol. The maximum absolute atomic E-state index is 5.62. The summed E-state index contributed by atoms with van der Waals surface area (Å²) in [5.74, 6) is 0.493. The molecule has 0 spiro atoms. The highest BCUT2D eigenvalue weighted by molar-refractivity contribution is 6.07. The lowest BCUT2D eigenvalue weighted by molar-refractivity contribution is 0.606. The molecule has 2 aromatic carbocycles. The highest BCUT2D eigenvalue weighted by Crippen LogP contribution is 2.33. The number of rotatable bonds is 1. The van der Waals surface area contributed by atoms with Crippen LogP contribution in [0, 0.1) is 0 Å². The normalized spacial score (nSPS) is 11.7. The SMILES string of the molecule is CC(C)c1coc2ccc3ccccc3c12. The van der Waals surface area contributed by atoms with Gasteiger partial charge in [0.2, 0.25) is 0 Å². The van der Waals surface area contributed by atoms with Crippen molar-refractivity contribution >= 4 is 21.7 Å². The Morgan fingerprint density at radius 2 is 1.81 bits per heavy atom. The molecule has 3 aromatic rings. The van der Waals surface area contributed by atoms with E-state index in [0.29, 0.717) is 5.92 Å². The van der Waals surface area contributed by atoms with Crippen LogP contribution in [0.25, 0.3) is 21.7 Å². The molecule has 1 heterocycles. The van der Waals surface area contributed by atoms with Crippen molar-refractivity contribution in [2.45, 2.75) is 19.8 Å². The lowest BCUT2D eigenvalue weighted by Crippen LogP contribution is -1.84. The molecular formula is C15H14O. The van der Waals surface area contributed by atoms with Crippen LogP contribution < -0.4 is 0 Å². The molecule has 0 saturated heterocycles. The van der Waals surface area contributed by atoms with E-state index in [1.54, 1.807) is 0 Å². The number of hydrogen-bond acceptors (Lipinski definition) is 1. The Morgan fingerprint density at radius 3 is 2.62 bits per heavy atom. The van der Waals surface area contributed by atoms with Crippen molar-refractivity contribution < 1.29 is 4.42 Å². The fourth-order valence-electron chi connectivity index (χ4n) is 2.26. The fourth-order valence-corrected chi connectivity index (χ4v) is 2.26. The number of benzene rings is 2. The topological polar surface area (TPSA) is 13.1 Å². The molecule has 0 bridgehead atoms. The lowest BCUT2D eigenvalue weighted by Gasteiger charge is -2.04. The summed E-state index contributed by atoms with van der Waals surface area (Å²) in [7, 11) is 0. The maximum Gasteiger partial charge on any atom is 0.134 e. The molecule has 0 fully saturated rings. The molecule has 0 N–H and O–H groups in total. The van der Waals surface area contributed by atoms with Gasteiger partial charge in [-0.15, -0.1) is 0 Å². The second-order valence-corrected chi connectivity index (χ2v) is 4.51. The standard InChI is InChI=1S/C15H14O/c1-10(2)13-9-16-14-8-7-11-5-3-4-6-12(11)15(13)14/h3-10H,1-2H3. The molecule has 1 aromatic heterocycles. The Bertz CT molecular complexity index is 647. The molecule has 0 aliphatic heterocycles. The van der Waals surface area contributed by atoms with Gasteiger partial charge in [0.25, 0.3) is 0 Å². The Balaban J connectivity index is 2.52. The van der Waals surface area contributed by atoms with Gasteiger partial charge in [0.1, 0.15) is 5.58 Å². The minimum atomic E-state index is 0.493. The first-order valence-corrected chi connectivity index (χ1v) is 5.66. The summed E-state index contributed by atoms with van der Waals surface area (Å²) in [6.45, 7) is 4.40. The minimum Gasteiger partial charge on any atom is -0.464 e. The highest BCUT2D eigenvalue weighted by Gasteiger charge is 2.11. The summed E-state index contributed by atoms with van der Waals surface area (Å²) in [4.78, 5) is 0. The minimum absolute atomic E-state index is 0.493. The van der Waals surface area contributed by atoms with Gasteiger partial charge in [0.15, 0.2) is 0 Å². The molecule has 0 saturated carbocycles. The van der Waals surface area contributed by atoms with Crippen molar-refractivity contribution in [1.29, 1.82) is 0 Å². The molecular weight excluding hydrogens is 196 g/mol. The second-order valence-electron chi connectivity index (χ2n) is 4.51. The third kappa shape index (κ3) is 1.25. The van der Waals surface area contributed by atoms with Crippen LogP contribution in [-0.4, -0.2) is 0 Å². The summed E-state index contributed by atoms with van der Waals surface area (Å²) in [6, 6.07) is 12.6. The van der Waals surface area contributed by atoms with E-state index in [-0.39, 0.29) is 0 Å². The van der Waals surface area contributed by atoms with Gasteiger partial charge in [0.05, 0.1) is 6.26 Å². The van der Waals surface area contributed by atoms with Crippen LogP contribution in [0.15, 0.2) is 47.1 Å². The van der Waals surface area contributed by atoms with E-state index in [9.17, 15) is 0 Å². The van der Waals surface area contributed by atoms with Crippen LogP contribution in [0.2, 0.25) is 0 Å². The molecule has 1 heteroatoms. The molecule has 80 valence electrons. The Morgan fingerprint density at radius 1 is 1.00 bits per heavy atom. The van der Waals surface area contributed by atoms with E-state index in [4.69, 9.17) is 4.42 Å². The van der Waals surface area contributed by atoms with Crippen LogP contribution in [0.3, 0.4) is 0 Å². The van der Waals surface area contributed by atoms with Gasteiger partial charge in [0, 0.05) is 10.9 Å². The highest BCUT2D eigenvalue weighted by atomic mass is 16.3. The van der Waals surface area contributed by atoms with E-state index in [2.05, 4.69) is 50.2 Å². The zero-order chi connectivity index (χ0) is 11.1. The molecule has 0 radical (unpaired) electrons. The van der Waals surface area contributed by atoms with E-state index < -0.39 is 0 Å². The van der Waals surface area contributed by atoms with Crippen molar-refractivity contribution in [2.24, 2.45) is 0 Å². The van der Waals surface area contributed by atoms with Crippen LogP contribution in [0.1, 0.15) is 25.3 Å². The molecule has 0 amide bonds. The summed E-state index contributed by atoms with van der Waals surface area (Å²) in [6.07, 6.45) is 1.89. The second kappa shape index (κ2) is 3.38. The fraction of sp³-hybridized carbons (Fsp3) is 0.200. The number of furan rings is 1. The number of fused-ring (bicyclic) bond motifs is 3. The van der Waals surface area contributed by atoms with E-state index in [0.717, 1.165) is 5.58 Å². The van der Waals surface area contributed by atoms with E-state index >= 15 is 0 Å². The van der Waals surface area contributed by atoms with Gasteiger partial charge in [-0.3, -0.25) is 0 Å². The van der Waals surface area contributed by atoms with Crippen LogP contribution >= 0.6 is 0 Å². The van der Waals surface area contributed by atoms with Gasteiger partial charge in [-0.25, -0.2) is 0 Å². The first-order valence-electron chi connectivity index (χ1n) is 5.66. The van der Waals surface area contributed by atoms with Gasteiger partial charge < -0.3 is 4.42 Å². The molecule has 1 nitrogen and oxygen atoms in total. The van der Waals surface area contributed by atoms with E-state index in [1.807, 2.05) is 6.26 Å². The summed E-state index contributed by atoms with van der Waals surface area (Å²) < 4.78 is 5.62. The van der Waals surface area contributed by atoms with Gasteiger partial charge in [-0.1, -0.05) is 44.2 Å². The van der Waals surface area contributed by atoms with Crippen molar-refractivity contribution in [1.82, 2.24) is 0 Å². The van der Waals surface area contributed by atoms with Gasteiger partial charge >= 0.3 is 0 Å². The Labute approximate surface area is 94.7 Å². The smallest absolute Gasteiger partial charge is 0.134 e. The zero-order valence-corrected chi connectivity index (χ0v) is 9.53. The summed E-state index contributed by atoms with van der Waals surface area (Å²) >= 11 is 0. The monoisotopic (exact) mass is 210 g/mol. The van der Waals surface area contributed by atoms with Crippen molar-refractivity contribution in [3.63, 3.8) is 0 Å².